The molecule has 0 amide bonds. The predicted molar refractivity (Wildman–Crippen MR) is 49.5 cm³/mol. The van der Waals surface area contributed by atoms with Gasteiger partial charge in [-0.1, -0.05) is 0 Å². The molecule has 0 unspecified atom stereocenters. The van der Waals surface area contributed by atoms with E-state index >= 15 is 0 Å². The average molecular weight is 216 g/mol. The van der Waals surface area contributed by atoms with E-state index in [1.165, 1.54) is 14.2 Å². The molecule has 0 bridgehead atoms. The number of hydrogen-bond acceptors (Lipinski definition) is 5. The molecule has 1 aromatic heterocycles. The van der Waals surface area contributed by atoms with E-state index in [9.17, 15) is 9.59 Å². The Morgan fingerprint density at radius 2 is 1.86 bits per heavy atom. The smallest absolute Gasteiger partial charge is 0.349 e. The maximum absolute atomic E-state index is 11.3. The monoisotopic (exact) mass is 216 g/mol. The van der Waals surface area contributed by atoms with Gasteiger partial charge in [0.2, 0.25) is 0 Å². The van der Waals surface area contributed by atoms with Gasteiger partial charge in [-0.2, -0.15) is 0 Å². The summed E-state index contributed by atoms with van der Waals surface area (Å²) in [7, 11) is 2.51. The highest BCUT2D eigenvalue weighted by Crippen LogP contribution is 2.24. The second kappa shape index (κ2) is 4.21. The van der Waals surface area contributed by atoms with Gasteiger partial charge in [-0.15, -0.1) is 11.3 Å². The predicted octanol–water partition coefficient (Wildman–Crippen LogP) is 0.195. The van der Waals surface area contributed by atoms with Gasteiger partial charge >= 0.3 is 11.9 Å². The van der Waals surface area contributed by atoms with E-state index in [2.05, 4.69) is 15.2 Å². The molecular weight excluding hydrogens is 206 g/mol. The summed E-state index contributed by atoms with van der Waals surface area (Å²) in [5.74, 6) is -1.12. The number of carbonyl (C=O) groups is 2. The normalized spacial score (nSPS) is 9.64. The number of hydrogen-bond donors (Lipinski definition) is 1. The van der Waals surface area contributed by atoms with Crippen molar-refractivity contribution in [1.82, 2.24) is 0 Å². The molecule has 0 aliphatic heterocycles. The molecule has 0 atom stereocenters. The molecule has 0 saturated carbocycles. The van der Waals surface area contributed by atoms with Crippen molar-refractivity contribution in [1.29, 1.82) is 0 Å². The van der Waals surface area contributed by atoms with Gasteiger partial charge in [0.25, 0.3) is 0 Å². The van der Waals surface area contributed by atoms with Crippen LogP contribution in [-0.4, -0.2) is 26.2 Å². The molecule has 1 heterocycles. The minimum Gasteiger partial charge on any atom is -0.465 e. The van der Waals surface area contributed by atoms with Gasteiger partial charge < -0.3 is 15.2 Å². The molecule has 0 aliphatic rings. The molecule has 14 heavy (non-hydrogen) atoms. The Bertz CT molecular complexity index is 371. The van der Waals surface area contributed by atoms with Crippen LogP contribution in [0, 0.1) is 0 Å². The third-order valence-corrected chi connectivity index (χ3v) is 2.64. The summed E-state index contributed by atoms with van der Waals surface area (Å²) in [4.78, 5) is 22.7. The van der Waals surface area contributed by atoms with Crippen molar-refractivity contribution < 1.29 is 24.8 Å². The molecule has 0 aromatic carbocycles. The largest absolute Gasteiger partial charge is 0.465 e. The Morgan fingerprint density at radius 3 is 2.36 bits per heavy atom. The summed E-state index contributed by atoms with van der Waals surface area (Å²) >= 11 is 1.11. The Morgan fingerprint density at radius 1 is 1.29 bits per heavy atom. The first-order valence-corrected chi connectivity index (χ1v) is 4.59. The first-order valence-electron chi connectivity index (χ1n) is 3.72. The number of ether oxygens (including phenoxy) is 2. The number of quaternary nitrogens is 1. The van der Waals surface area contributed by atoms with Crippen molar-refractivity contribution in [3.05, 3.63) is 15.8 Å². The molecule has 5 nitrogen and oxygen atoms in total. The third kappa shape index (κ3) is 1.75. The molecule has 1 rings (SSSR count). The van der Waals surface area contributed by atoms with Crippen LogP contribution in [-0.2, 0) is 9.47 Å². The minimum absolute atomic E-state index is 0.185. The lowest BCUT2D eigenvalue weighted by atomic mass is 10.2. The highest BCUT2D eigenvalue weighted by molar-refractivity contribution is 7.12. The molecule has 3 N–H and O–H groups in total. The Kier molecular flexibility index (Phi) is 3.21. The summed E-state index contributed by atoms with van der Waals surface area (Å²) in [5, 5.41) is 1.61. The van der Waals surface area contributed by atoms with Gasteiger partial charge in [0.1, 0.15) is 10.4 Å². The number of carbonyl (C=O) groups excluding carboxylic acids is 2. The zero-order valence-electron chi connectivity index (χ0n) is 7.83. The van der Waals surface area contributed by atoms with Crippen LogP contribution in [0.4, 0.5) is 5.69 Å². The van der Waals surface area contributed by atoms with Crippen LogP contribution in [0.15, 0.2) is 5.38 Å². The van der Waals surface area contributed by atoms with Crippen molar-refractivity contribution in [2.75, 3.05) is 14.2 Å². The van der Waals surface area contributed by atoms with Gasteiger partial charge in [0.05, 0.1) is 19.6 Å². The van der Waals surface area contributed by atoms with E-state index in [1.54, 1.807) is 5.38 Å². The minimum atomic E-state index is -0.573. The number of thiophene rings is 1. The molecule has 0 fully saturated rings. The second-order valence-electron chi connectivity index (χ2n) is 2.45. The summed E-state index contributed by atoms with van der Waals surface area (Å²) in [5.41, 5.74) is 4.29. The SMILES string of the molecule is COC(=O)c1scc([NH3+])c1C(=O)OC. The quantitative estimate of drug-likeness (QED) is 0.716. The van der Waals surface area contributed by atoms with E-state index in [4.69, 9.17) is 0 Å². The van der Waals surface area contributed by atoms with Crippen LogP contribution < -0.4 is 5.73 Å². The van der Waals surface area contributed by atoms with Crippen LogP contribution in [0.5, 0.6) is 0 Å². The summed E-state index contributed by atoms with van der Waals surface area (Å²) < 4.78 is 9.05. The zero-order chi connectivity index (χ0) is 10.7. The van der Waals surface area contributed by atoms with Gasteiger partial charge in [0, 0.05) is 0 Å². The molecule has 6 heteroatoms. The van der Waals surface area contributed by atoms with E-state index in [0.29, 0.717) is 5.69 Å². The first-order chi connectivity index (χ1) is 6.61. The maximum Gasteiger partial charge on any atom is 0.349 e. The van der Waals surface area contributed by atoms with Crippen LogP contribution in [0.3, 0.4) is 0 Å². The van der Waals surface area contributed by atoms with E-state index in [-0.39, 0.29) is 10.4 Å². The highest BCUT2D eigenvalue weighted by atomic mass is 32.1. The lowest BCUT2D eigenvalue weighted by Crippen LogP contribution is -2.41. The standard InChI is InChI=1S/C8H9NO4S/c1-12-7(10)5-4(9)3-14-6(5)8(11)13-2/h3H,9H2,1-2H3/p+1. The van der Waals surface area contributed by atoms with Gasteiger partial charge in [-0.05, 0) is 0 Å². The van der Waals surface area contributed by atoms with Crippen molar-refractivity contribution in [2.45, 2.75) is 0 Å². The third-order valence-electron chi connectivity index (χ3n) is 1.63. The van der Waals surface area contributed by atoms with Crippen molar-refractivity contribution in [2.24, 2.45) is 0 Å². The molecular formula is C8H10NO4S+. The van der Waals surface area contributed by atoms with Gasteiger partial charge in [0.15, 0.2) is 5.69 Å². The van der Waals surface area contributed by atoms with Crippen molar-refractivity contribution >= 4 is 29.0 Å². The Labute approximate surface area is 84.4 Å². The topological polar surface area (TPSA) is 80.2 Å². The Balaban J connectivity index is 3.19. The average Bonchev–Trinajstić information content (AvgIpc) is 2.58. The molecule has 0 radical (unpaired) electrons. The van der Waals surface area contributed by atoms with E-state index < -0.39 is 11.9 Å². The molecule has 0 aliphatic carbocycles. The van der Waals surface area contributed by atoms with Crippen LogP contribution in [0.1, 0.15) is 20.0 Å². The van der Waals surface area contributed by atoms with Gasteiger partial charge in [-0.25, -0.2) is 9.59 Å². The first kappa shape index (κ1) is 10.7. The van der Waals surface area contributed by atoms with Crippen LogP contribution in [0.2, 0.25) is 0 Å². The second-order valence-corrected chi connectivity index (χ2v) is 3.33. The summed E-state index contributed by atoms with van der Waals surface area (Å²) in [6.07, 6.45) is 0. The number of methoxy groups -OCH3 is 2. The van der Waals surface area contributed by atoms with Crippen molar-refractivity contribution in [3.63, 3.8) is 0 Å². The lowest BCUT2D eigenvalue weighted by Gasteiger charge is -1.99. The van der Waals surface area contributed by atoms with Crippen molar-refractivity contribution in [3.8, 4) is 0 Å². The Hall–Kier alpha value is -1.40. The summed E-state index contributed by atoms with van der Waals surface area (Å²) in [6, 6.07) is 0. The fourth-order valence-electron chi connectivity index (χ4n) is 0.962. The van der Waals surface area contributed by atoms with E-state index in [1.807, 2.05) is 0 Å². The van der Waals surface area contributed by atoms with Gasteiger partial charge in [-0.3, -0.25) is 0 Å². The maximum atomic E-state index is 11.3. The fourth-order valence-corrected chi connectivity index (χ4v) is 1.85. The van der Waals surface area contributed by atoms with E-state index in [0.717, 1.165) is 11.3 Å². The number of rotatable bonds is 2. The molecule has 0 saturated heterocycles. The fraction of sp³-hybridized carbons (Fsp3) is 0.250. The van der Waals surface area contributed by atoms with Crippen LogP contribution in [0.25, 0.3) is 0 Å². The molecule has 76 valence electrons. The molecule has 1 aromatic rings. The zero-order valence-corrected chi connectivity index (χ0v) is 8.64. The summed E-state index contributed by atoms with van der Waals surface area (Å²) in [6.45, 7) is 0. The highest BCUT2D eigenvalue weighted by Gasteiger charge is 2.25. The lowest BCUT2D eigenvalue weighted by molar-refractivity contribution is -0.254. The van der Waals surface area contributed by atoms with Crippen LogP contribution >= 0.6 is 11.3 Å². The number of esters is 2. The molecule has 0 spiro atoms.